The molecule has 0 saturated heterocycles. The summed E-state index contributed by atoms with van der Waals surface area (Å²) in [5, 5.41) is 0.0423. The van der Waals surface area contributed by atoms with Crippen molar-refractivity contribution in [3.8, 4) is 18.1 Å². The molecule has 0 spiro atoms. The molecule has 0 amide bonds. The third-order valence-corrected chi connectivity index (χ3v) is 6.73. The van der Waals surface area contributed by atoms with Gasteiger partial charge in [-0.2, -0.15) is 8.78 Å². The number of hydrogen-bond donors (Lipinski definition) is 0. The number of esters is 2. The number of halogens is 6. The van der Waals surface area contributed by atoms with Gasteiger partial charge in [0.05, 0.1) is 28.4 Å². The number of hydrogen-bond acceptors (Lipinski definition) is 7. The van der Waals surface area contributed by atoms with Crippen LogP contribution in [-0.4, -0.2) is 28.0 Å². The van der Waals surface area contributed by atoms with Crippen LogP contribution in [0.5, 0.6) is 5.75 Å². The van der Waals surface area contributed by atoms with Crippen molar-refractivity contribution in [1.29, 1.82) is 0 Å². The average molecular weight is 646 g/mol. The summed E-state index contributed by atoms with van der Waals surface area (Å²) in [6, 6.07) is 7.29. The van der Waals surface area contributed by atoms with Crippen LogP contribution in [-0.2, 0) is 22.8 Å². The first-order valence-electron chi connectivity index (χ1n) is 13.4. The molecule has 0 unspecified atom stereocenters. The van der Waals surface area contributed by atoms with E-state index in [9.17, 15) is 36.3 Å². The Bertz CT molecular complexity index is 1930. The molecule has 0 bridgehead atoms. The number of anilines is 1. The Morgan fingerprint density at radius 3 is 2.11 bits per heavy atom. The van der Waals surface area contributed by atoms with Crippen LogP contribution in [0, 0.1) is 59.6 Å². The number of fused-ring (bicyclic) bond motifs is 1. The lowest BCUT2D eigenvalue weighted by molar-refractivity contribution is -0.157. The van der Waals surface area contributed by atoms with Gasteiger partial charge in [0.25, 0.3) is 5.56 Å². The Morgan fingerprint density at radius 1 is 0.957 bits per heavy atom. The molecule has 0 atom stereocenters. The molecule has 0 radical (unpaired) electrons. The van der Waals surface area contributed by atoms with Crippen LogP contribution in [0.3, 0.4) is 0 Å². The average Bonchev–Trinajstić information content (AvgIpc) is 3.00. The highest BCUT2D eigenvalue weighted by atomic mass is 19.2. The van der Waals surface area contributed by atoms with Gasteiger partial charge in [-0.1, -0.05) is 5.92 Å². The van der Waals surface area contributed by atoms with Crippen LogP contribution in [0.1, 0.15) is 42.5 Å². The summed E-state index contributed by atoms with van der Waals surface area (Å²) >= 11 is 0. The zero-order chi connectivity index (χ0) is 34.1. The van der Waals surface area contributed by atoms with Crippen molar-refractivity contribution in [2.75, 3.05) is 11.4 Å². The maximum Gasteiger partial charge on any atom is 0.343 e. The summed E-state index contributed by atoms with van der Waals surface area (Å²) in [7, 11) is 0. The van der Waals surface area contributed by atoms with Crippen molar-refractivity contribution in [2.24, 2.45) is 5.41 Å². The largest absolute Gasteiger partial charge is 0.443 e. The molecule has 4 rings (SSSR count). The van der Waals surface area contributed by atoms with Crippen molar-refractivity contribution in [2.45, 2.75) is 41.0 Å². The summed E-state index contributed by atoms with van der Waals surface area (Å²) in [6.45, 7) is 5.81. The zero-order valence-corrected chi connectivity index (χ0v) is 24.8. The van der Waals surface area contributed by atoms with Crippen molar-refractivity contribution >= 4 is 28.5 Å². The molecule has 0 N–H and O–H groups in total. The zero-order valence-electron chi connectivity index (χ0n) is 24.8. The first-order valence-corrected chi connectivity index (χ1v) is 13.4. The summed E-state index contributed by atoms with van der Waals surface area (Å²) in [6.07, 6.45) is 5.50. The van der Waals surface area contributed by atoms with Gasteiger partial charge in [-0.15, -0.1) is 6.42 Å². The number of rotatable bonds is 8. The van der Waals surface area contributed by atoms with E-state index in [2.05, 4.69) is 15.6 Å². The number of benzene rings is 3. The minimum atomic E-state index is -2.41. The molecule has 46 heavy (non-hydrogen) atoms. The van der Waals surface area contributed by atoms with E-state index in [-0.39, 0.29) is 40.9 Å². The molecular formula is C32H25F6N3O5. The lowest BCUT2D eigenvalue weighted by atomic mass is 9.98. The second-order valence-electron chi connectivity index (χ2n) is 11.1. The van der Waals surface area contributed by atoms with E-state index < -0.39 is 70.3 Å². The normalized spacial score (nSPS) is 11.3. The molecule has 240 valence electrons. The second-order valence-corrected chi connectivity index (χ2v) is 11.1. The smallest absolute Gasteiger partial charge is 0.343 e. The van der Waals surface area contributed by atoms with Crippen molar-refractivity contribution in [1.82, 2.24) is 9.55 Å². The number of nitrogens with zero attached hydrogens (tertiary/aromatic N) is 3. The molecule has 0 aliphatic rings. The van der Waals surface area contributed by atoms with E-state index in [1.165, 1.54) is 30.0 Å². The Labute approximate surface area is 258 Å². The minimum Gasteiger partial charge on any atom is -0.443 e. The quantitative estimate of drug-likeness (QED) is 0.0585. The van der Waals surface area contributed by atoms with Gasteiger partial charge >= 0.3 is 11.9 Å². The first kappa shape index (κ1) is 33.6. The monoisotopic (exact) mass is 645 g/mol. The topological polar surface area (TPSA) is 90.7 Å². The number of carbonyl (C=O) groups excluding carboxylic acids is 2. The molecule has 14 heteroatoms. The molecule has 4 aromatic rings. The lowest BCUT2D eigenvalue weighted by Crippen LogP contribution is -2.30. The molecule has 1 aromatic heterocycles. The summed E-state index contributed by atoms with van der Waals surface area (Å²) < 4.78 is 94.2. The van der Waals surface area contributed by atoms with E-state index in [0.717, 1.165) is 22.8 Å². The molecular weight excluding hydrogens is 620 g/mol. The molecule has 0 saturated carbocycles. The van der Waals surface area contributed by atoms with E-state index >= 15 is 4.39 Å². The first-order chi connectivity index (χ1) is 21.5. The Morgan fingerprint density at radius 2 is 1.54 bits per heavy atom. The number of aryl methyl sites for hydroxylation is 1. The number of carbonyl (C=O) groups is 2. The van der Waals surface area contributed by atoms with Crippen LogP contribution < -0.4 is 15.2 Å². The van der Waals surface area contributed by atoms with E-state index in [1.807, 2.05) is 0 Å². The van der Waals surface area contributed by atoms with Crippen molar-refractivity contribution in [3.05, 3.63) is 98.6 Å². The van der Waals surface area contributed by atoms with Crippen LogP contribution in [0.2, 0.25) is 0 Å². The summed E-state index contributed by atoms with van der Waals surface area (Å²) in [5.74, 6) is -13.4. The highest BCUT2D eigenvalue weighted by Crippen LogP contribution is 2.30. The number of aromatic nitrogens is 2. The number of ether oxygens (including phenoxy) is 2. The van der Waals surface area contributed by atoms with Crippen molar-refractivity contribution in [3.63, 3.8) is 0 Å². The van der Waals surface area contributed by atoms with E-state index in [0.29, 0.717) is 5.69 Å². The van der Waals surface area contributed by atoms with Gasteiger partial charge in [0.15, 0.2) is 6.73 Å². The van der Waals surface area contributed by atoms with Gasteiger partial charge in [0, 0.05) is 23.9 Å². The predicted molar refractivity (Wildman–Crippen MR) is 154 cm³/mol. The third kappa shape index (κ3) is 6.68. The summed E-state index contributed by atoms with van der Waals surface area (Å²) in [5.41, 5.74) is -1.27. The fourth-order valence-corrected chi connectivity index (χ4v) is 4.20. The van der Waals surface area contributed by atoms with Gasteiger partial charge in [0.2, 0.25) is 34.8 Å². The molecule has 0 aliphatic heterocycles. The Kier molecular flexibility index (Phi) is 9.46. The van der Waals surface area contributed by atoms with E-state index in [4.69, 9.17) is 11.2 Å². The minimum absolute atomic E-state index is 0.0403. The van der Waals surface area contributed by atoms with Crippen molar-refractivity contribution < 1.29 is 45.4 Å². The Hall–Kier alpha value is -5.32. The highest BCUT2D eigenvalue weighted by molar-refractivity contribution is 5.91. The standard InChI is InChI=1S/C32H25F6N3O5/c1-6-11-40(19-9-7-17(8-10-19)30(43)46-28-26(37)24(35)23(34)25(36)27(28)38)14-18-12-20-22(13-21(18)33)39-16(2)41(29(20)42)15-45-31(44)32(3,4)5/h1,7-10,12-13H,11,14-15H2,2-5H3. The van der Waals surface area contributed by atoms with Gasteiger partial charge in [-0.25, -0.2) is 27.3 Å². The van der Waals surface area contributed by atoms with Crippen LogP contribution >= 0.6 is 0 Å². The number of terminal acetylenes is 1. The third-order valence-electron chi connectivity index (χ3n) is 6.73. The van der Waals surface area contributed by atoms with Gasteiger partial charge in [-0.05, 0) is 58.0 Å². The lowest BCUT2D eigenvalue weighted by Gasteiger charge is -2.23. The van der Waals surface area contributed by atoms with Gasteiger partial charge < -0.3 is 14.4 Å². The maximum atomic E-state index is 15.2. The molecule has 8 nitrogen and oxygen atoms in total. The van der Waals surface area contributed by atoms with Crippen LogP contribution in [0.4, 0.5) is 32.0 Å². The van der Waals surface area contributed by atoms with Gasteiger partial charge in [0.1, 0.15) is 11.6 Å². The Balaban J connectivity index is 1.60. The second kappa shape index (κ2) is 13.0. The SMILES string of the molecule is C#CCN(Cc1cc2c(=O)n(COC(=O)C(C)(C)C)c(C)nc2cc1F)c1ccc(C(=O)Oc2c(F)c(F)c(F)c(F)c2F)cc1. The highest BCUT2D eigenvalue weighted by Gasteiger charge is 2.29. The summed E-state index contributed by atoms with van der Waals surface area (Å²) in [4.78, 5) is 43.7. The maximum absolute atomic E-state index is 15.2. The molecule has 0 fully saturated rings. The predicted octanol–water partition coefficient (Wildman–Crippen LogP) is 5.95. The van der Waals surface area contributed by atoms with E-state index in [1.54, 1.807) is 20.8 Å². The molecule has 0 aliphatic carbocycles. The molecule has 3 aromatic carbocycles. The van der Waals surface area contributed by atoms with Crippen LogP contribution in [0.25, 0.3) is 10.9 Å². The fraction of sp³-hybridized carbons (Fsp3) is 0.250. The van der Waals surface area contributed by atoms with Gasteiger partial charge in [-0.3, -0.25) is 14.2 Å². The fourth-order valence-electron chi connectivity index (χ4n) is 4.20. The molecule has 1 heterocycles. The van der Waals surface area contributed by atoms with Crippen LogP contribution in [0.15, 0.2) is 41.2 Å².